The van der Waals surface area contributed by atoms with E-state index in [4.69, 9.17) is 0 Å². The van der Waals surface area contributed by atoms with Gasteiger partial charge in [0.15, 0.2) is 0 Å². The van der Waals surface area contributed by atoms with Crippen LogP contribution in [0.1, 0.15) is 6.92 Å². The summed E-state index contributed by atoms with van der Waals surface area (Å²) in [5, 5.41) is 12.8. The largest absolute Gasteiger partial charge is 0.508 e. The van der Waals surface area contributed by atoms with Gasteiger partial charge in [-0.3, -0.25) is 13.9 Å². The number of likely N-dealkylation sites (N-methyl/N-ethyl adjacent to an activating group) is 1. The van der Waals surface area contributed by atoms with Crippen molar-refractivity contribution in [3.63, 3.8) is 0 Å². The Kier molecular flexibility index (Phi) is 3.44. The van der Waals surface area contributed by atoms with Gasteiger partial charge in [-0.15, -0.1) is 0 Å². The van der Waals surface area contributed by atoms with Gasteiger partial charge in [0, 0.05) is 19.6 Å². The van der Waals surface area contributed by atoms with Gasteiger partial charge in [-0.05, 0) is 32.2 Å². The molecule has 0 amide bonds. The van der Waals surface area contributed by atoms with E-state index in [1.807, 2.05) is 6.92 Å². The highest BCUT2D eigenvalue weighted by molar-refractivity contribution is 5.79. The molecule has 1 aromatic carbocycles. The van der Waals surface area contributed by atoms with Gasteiger partial charge >= 0.3 is 5.69 Å². The van der Waals surface area contributed by atoms with E-state index in [1.165, 1.54) is 21.3 Å². The number of hydrogen-bond donors (Lipinski definition) is 2. The molecule has 0 bridgehead atoms. The van der Waals surface area contributed by atoms with Crippen LogP contribution in [0.25, 0.3) is 10.9 Å². The summed E-state index contributed by atoms with van der Waals surface area (Å²) in [6.45, 7) is 2.17. The Morgan fingerprint density at radius 2 is 2.05 bits per heavy atom. The number of nitrogens with zero attached hydrogens (tertiary/aromatic N) is 2. The second-order valence-corrected chi connectivity index (χ2v) is 4.65. The highest BCUT2D eigenvalue weighted by atomic mass is 16.3. The van der Waals surface area contributed by atoms with Gasteiger partial charge in [0.2, 0.25) is 0 Å². The molecule has 102 valence electrons. The van der Waals surface area contributed by atoms with Gasteiger partial charge in [-0.1, -0.05) is 0 Å². The quantitative estimate of drug-likeness (QED) is 0.818. The van der Waals surface area contributed by atoms with Crippen molar-refractivity contribution >= 4 is 10.9 Å². The molecule has 19 heavy (non-hydrogen) atoms. The molecule has 0 aliphatic rings. The number of hydrogen-bond acceptors (Lipinski definition) is 4. The van der Waals surface area contributed by atoms with Crippen molar-refractivity contribution in [1.82, 2.24) is 14.5 Å². The summed E-state index contributed by atoms with van der Waals surface area (Å²) in [6.07, 6.45) is 0. The lowest BCUT2D eigenvalue weighted by atomic mass is 10.2. The van der Waals surface area contributed by atoms with Crippen LogP contribution in [0.2, 0.25) is 0 Å². The summed E-state index contributed by atoms with van der Waals surface area (Å²) >= 11 is 0. The van der Waals surface area contributed by atoms with E-state index in [1.54, 1.807) is 20.2 Å². The number of rotatable bonds is 3. The molecule has 0 aliphatic carbocycles. The third-order valence-corrected chi connectivity index (χ3v) is 3.28. The molecule has 0 saturated carbocycles. The van der Waals surface area contributed by atoms with Crippen LogP contribution in [-0.2, 0) is 13.6 Å². The van der Waals surface area contributed by atoms with Gasteiger partial charge in [-0.2, -0.15) is 0 Å². The first-order chi connectivity index (χ1) is 8.95. The number of aryl methyl sites for hydroxylation is 1. The topological polar surface area (TPSA) is 76.3 Å². The lowest BCUT2D eigenvalue weighted by Crippen LogP contribution is -2.43. The third kappa shape index (κ3) is 2.26. The van der Waals surface area contributed by atoms with E-state index in [-0.39, 0.29) is 29.6 Å². The van der Waals surface area contributed by atoms with Gasteiger partial charge in [0.05, 0.1) is 10.9 Å². The first kappa shape index (κ1) is 13.4. The summed E-state index contributed by atoms with van der Waals surface area (Å²) < 4.78 is 2.60. The number of aromatic hydroxyl groups is 1. The van der Waals surface area contributed by atoms with E-state index in [9.17, 15) is 14.7 Å². The molecule has 1 atom stereocenters. The van der Waals surface area contributed by atoms with Crippen LogP contribution in [0.3, 0.4) is 0 Å². The summed E-state index contributed by atoms with van der Waals surface area (Å²) in [7, 11) is 3.38. The lowest BCUT2D eigenvalue weighted by molar-refractivity contribution is 0.474. The summed E-state index contributed by atoms with van der Waals surface area (Å²) in [5.41, 5.74) is -0.220. The van der Waals surface area contributed by atoms with Crippen molar-refractivity contribution in [1.29, 1.82) is 0 Å². The fourth-order valence-electron chi connectivity index (χ4n) is 2.03. The summed E-state index contributed by atoms with van der Waals surface area (Å²) in [6, 6.07) is 4.42. The van der Waals surface area contributed by atoms with E-state index in [2.05, 4.69) is 5.32 Å². The molecule has 0 saturated heterocycles. The lowest BCUT2D eigenvalue weighted by Gasteiger charge is -2.14. The molecule has 6 heteroatoms. The zero-order chi connectivity index (χ0) is 14.2. The predicted molar refractivity (Wildman–Crippen MR) is 73.6 cm³/mol. The molecule has 2 N–H and O–H groups in total. The second kappa shape index (κ2) is 4.89. The number of phenols is 1. The fourth-order valence-corrected chi connectivity index (χ4v) is 2.03. The molecular formula is C13H17N3O3. The minimum atomic E-state index is -0.379. The average molecular weight is 263 g/mol. The SMILES string of the molecule is CNC(C)Cn1c(=O)c2cc(O)ccc2n(C)c1=O. The Balaban J connectivity index is 2.79. The van der Waals surface area contributed by atoms with Crippen molar-refractivity contribution in [2.24, 2.45) is 7.05 Å². The van der Waals surface area contributed by atoms with Gasteiger partial charge in [0.1, 0.15) is 5.75 Å². The van der Waals surface area contributed by atoms with Gasteiger partial charge in [-0.25, -0.2) is 4.79 Å². The van der Waals surface area contributed by atoms with Crippen LogP contribution in [0.4, 0.5) is 0 Å². The Bertz CT molecular complexity index is 730. The third-order valence-electron chi connectivity index (χ3n) is 3.28. The van der Waals surface area contributed by atoms with Crippen LogP contribution in [0, 0.1) is 0 Å². The van der Waals surface area contributed by atoms with E-state index in [0.29, 0.717) is 10.9 Å². The zero-order valence-corrected chi connectivity index (χ0v) is 11.2. The van der Waals surface area contributed by atoms with Crippen LogP contribution in [0.15, 0.2) is 27.8 Å². The molecule has 0 aliphatic heterocycles. The molecular weight excluding hydrogens is 246 g/mol. The zero-order valence-electron chi connectivity index (χ0n) is 11.2. The standard InChI is InChI=1S/C13H17N3O3/c1-8(14-2)7-16-12(18)10-6-9(17)4-5-11(10)15(3)13(16)19/h4-6,8,14,17H,7H2,1-3H3. The first-order valence-corrected chi connectivity index (χ1v) is 6.05. The predicted octanol–water partition coefficient (Wildman–Crippen LogP) is 0.0137. The highest BCUT2D eigenvalue weighted by Gasteiger charge is 2.13. The molecule has 2 rings (SSSR count). The summed E-state index contributed by atoms with van der Waals surface area (Å²) in [5.74, 6) is 0.0106. The van der Waals surface area contributed by atoms with Crippen LogP contribution >= 0.6 is 0 Å². The molecule has 1 unspecified atom stereocenters. The molecule has 6 nitrogen and oxygen atoms in total. The maximum Gasteiger partial charge on any atom is 0.331 e. The Labute approximate surface area is 109 Å². The van der Waals surface area contributed by atoms with Crippen molar-refractivity contribution in [2.75, 3.05) is 7.05 Å². The van der Waals surface area contributed by atoms with Crippen molar-refractivity contribution in [3.8, 4) is 5.75 Å². The number of fused-ring (bicyclic) bond motifs is 1. The second-order valence-electron chi connectivity index (χ2n) is 4.65. The highest BCUT2D eigenvalue weighted by Crippen LogP contribution is 2.15. The first-order valence-electron chi connectivity index (χ1n) is 6.05. The molecule has 0 fully saturated rings. The number of phenolic OH excluding ortho intramolecular Hbond substituents is 1. The Morgan fingerprint density at radius 3 is 2.68 bits per heavy atom. The molecule has 1 aromatic heterocycles. The maximum absolute atomic E-state index is 12.3. The molecule has 0 spiro atoms. The minimum absolute atomic E-state index is 0.000147. The van der Waals surface area contributed by atoms with E-state index >= 15 is 0 Å². The Hall–Kier alpha value is -2.08. The van der Waals surface area contributed by atoms with E-state index in [0.717, 1.165) is 0 Å². The minimum Gasteiger partial charge on any atom is -0.508 e. The van der Waals surface area contributed by atoms with E-state index < -0.39 is 0 Å². The van der Waals surface area contributed by atoms with Crippen LogP contribution < -0.4 is 16.6 Å². The molecule has 0 radical (unpaired) electrons. The number of aromatic nitrogens is 2. The smallest absolute Gasteiger partial charge is 0.331 e. The van der Waals surface area contributed by atoms with Crippen molar-refractivity contribution < 1.29 is 5.11 Å². The average Bonchev–Trinajstić information content (AvgIpc) is 2.40. The van der Waals surface area contributed by atoms with Gasteiger partial charge < -0.3 is 10.4 Å². The fraction of sp³-hybridized carbons (Fsp3) is 0.385. The van der Waals surface area contributed by atoms with Gasteiger partial charge in [0.25, 0.3) is 5.56 Å². The molecule has 2 aromatic rings. The monoisotopic (exact) mass is 263 g/mol. The summed E-state index contributed by atoms with van der Waals surface area (Å²) in [4.78, 5) is 24.5. The van der Waals surface area contributed by atoms with Crippen LogP contribution in [0.5, 0.6) is 5.75 Å². The number of benzene rings is 1. The molecule has 1 heterocycles. The number of nitrogens with one attached hydrogen (secondary N) is 1. The maximum atomic E-state index is 12.3. The Morgan fingerprint density at radius 1 is 1.37 bits per heavy atom. The van der Waals surface area contributed by atoms with Crippen LogP contribution in [-0.4, -0.2) is 27.3 Å². The van der Waals surface area contributed by atoms with Crippen molar-refractivity contribution in [2.45, 2.75) is 19.5 Å². The normalized spacial score (nSPS) is 12.8. The van der Waals surface area contributed by atoms with Crippen molar-refractivity contribution in [3.05, 3.63) is 39.0 Å².